The summed E-state index contributed by atoms with van der Waals surface area (Å²) in [6, 6.07) is 8.35. The standard InChI is InChI=1S/C15H12ClFN4/c16-11-6-9(15(18)19)7-12(17)10(11)8-21-5-3-13-14(21)2-1-4-20-13/h1-7H,8H2,(H3,18,19). The van der Waals surface area contributed by atoms with Crippen molar-refractivity contribution in [2.75, 3.05) is 0 Å². The Balaban J connectivity index is 2.04. The highest BCUT2D eigenvalue weighted by molar-refractivity contribution is 6.31. The van der Waals surface area contributed by atoms with Crippen molar-refractivity contribution in [3.05, 3.63) is 64.7 Å². The van der Waals surface area contributed by atoms with Crippen LogP contribution in [0, 0.1) is 11.2 Å². The van der Waals surface area contributed by atoms with Gasteiger partial charge in [-0.2, -0.15) is 0 Å². The van der Waals surface area contributed by atoms with E-state index in [-0.39, 0.29) is 23.0 Å². The van der Waals surface area contributed by atoms with Crippen LogP contribution in [0.3, 0.4) is 0 Å². The summed E-state index contributed by atoms with van der Waals surface area (Å²) >= 11 is 6.13. The van der Waals surface area contributed by atoms with Gasteiger partial charge in [0.1, 0.15) is 11.7 Å². The van der Waals surface area contributed by atoms with Crippen molar-refractivity contribution in [1.82, 2.24) is 9.55 Å². The van der Waals surface area contributed by atoms with E-state index in [2.05, 4.69) is 4.98 Å². The number of nitrogens with two attached hydrogens (primary N) is 1. The molecule has 3 N–H and O–H groups in total. The molecule has 2 aromatic heterocycles. The van der Waals surface area contributed by atoms with Crippen LogP contribution >= 0.6 is 11.6 Å². The molecule has 4 nitrogen and oxygen atoms in total. The van der Waals surface area contributed by atoms with Gasteiger partial charge in [-0.1, -0.05) is 11.6 Å². The zero-order valence-electron chi connectivity index (χ0n) is 11.0. The van der Waals surface area contributed by atoms with Crippen molar-refractivity contribution >= 4 is 28.5 Å². The Morgan fingerprint density at radius 2 is 2.19 bits per heavy atom. The van der Waals surface area contributed by atoms with Crippen molar-refractivity contribution < 1.29 is 4.39 Å². The van der Waals surface area contributed by atoms with Gasteiger partial charge in [-0.15, -0.1) is 0 Å². The van der Waals surface area contributed by atoms with Crippen LogP contribution in [0.1, 0.15) is 11.1 Å². The first kappa shape index (κ1) is 13.6. The minimum atomic E-state index is -0.474. The Bertz CT molecular complexity index is 818. The Hall–Kier alpha value is -2.40. The lowest BCUT2D eigenvalue weighted by Gasteiger charge is -2.10. The average Bonchev–Trinajstić information content (AvgIpc) is 2.86. The molecule has 0 amide bonds. The highest BCUT2D eigenvalue weighted by Crippen LogP contribution is 2.24. The van der Waals surface area contributed by atoms with Gasteiger partial charge in [0.25, 0.3) is 0 Å². The molecule has 1 aromatic carbocycles. The van der Waals surface area contributed by atoms with Crippen LogP contribution in [0.4, 0.5) is 4.39 Å². The molecule has 0 unspecified atom stereocenters. The third-order valence-electron chi connectivity index (χ3n) is 3.32. The maximum absolute atomic E-state index is 14.2. The average molecular weight is 303 g/mol. The number of amidine groups is 1. The molecular weight excluding hydrogens is 291 g/mol. The number of halogens is 2. The third kappa shape index (κ3) is 2.48. The first-order chi connectivity index (χ1) is 10.1. The van der Waals surface area contributed by atoms with E-state index in [1.165, 1.54) is 12.1 Å². The molecule has 0 fully saturated rings. The van der Waals surface area contributed by atoms with Gasteiger partial charge in [0.15, 0.2) is 0 Å². The second-order valence-electron chi connectivity index (χ2n) is 4.68. The van der Waals surface area contributed by atoms with Gasteiger partial charge in [-0.3, -0.25) is 10.4 Å². The summed E-state index contributed by atoms with van der Waals surface area (Å²) in [5.74, 6) is -0.684. The van der Waals surface area contributed by atoms with Crippen molar-refractivity contribution in [2.24, 2.45) is 5.73 Å². The van der Waals surface area contributed by atoms with E-state index in [0.29, 0.717) is 5.56 Å². The summed E-state index contributed by atoms with van der Waals surface area (Å²) in [6.45, 7) is 0.290. The largest absolute Gasteiger partial charge is 0.384 e. The fourth-order valence-electron chi connectivity index (χ4n) is 2.24. The number of aromatic nitrogens is 2. The first-order valence-corrected chi connectivity index (χ1v) is 6.66. The molecule has 0 bridgehead atoms. The number of pyridine rings is 1. The minimum Gasteiger partial charge on any atom is -0.384 e. The molecule has 3 aromatic rings. The number of nitrogens with zero attached hydrogens (tertiary/aromatic N) is 2. The molecule has 21 heavy (non-hydrogen) atoms. The fraction of sp³-hybridized carbons (Fsp3) is 0.0667. The molecule has 6 heteroatoms. The van der Waals surface area contributed by atoms with Crippen LogP contribution in [-0.2, 0) is 6.54 Å². The first-order valence-electron chi connectivity index (χ1n) is 6.28. The van der Waals surface area contributed by atoms with Crippen LogP contribution in [-0.4, -0.2) is 15.4 Å². The molecule has 106 valence electrons. The topological polar surface area (TPSA) is 67.7 Å². The smallest absolute Gasteiger partial charge is 0.130 e. The quantitative estimate of drug-likeness (QED) is 0.576. The van der Waals surface area contributed by atoms with Crippen LogP contribution in [0.15, 0.2) is 42.7 Å². The van der Waals surface area contributed by atoms with Crippen LogP contribution < -0.4 is 5.73 Å². The number of nitrogens with one attached hydrogen (secondary N) is 1. The molecule has 0 saturated carbocycles. The van der Waals surface area contributed by atoms with Crippen molar-refractivity contribution in [1.29, 1.82) is 5.41 Å². The SMILES string of the molecule is N=C(N)c1cc(F)c(Cn2ccc3ncccc32)c(Cl)c1. The van der Waals surface area contributed by atoms with Crippen LogP contribution in [0.5, 0.6) is 0 Å². The van der Waals surface area contributed by atoms with E-state index in [0.717, 1.165) is 11.0 Å². The Morgan fingerprint density at radius 3 is 2.90 bits per heavy atom. The molecule has 2 heterocycles. The number of fused-ring (bicyclic) bond motifs is 1. The molecule has 0 atom stereocenters. The minimum absolute atomic E-state index is 0.210. The summed E-state index contributed by atoms with van der Waals surface area (Å²) < 4.78 is 16.1. The van der Waals surface area contributed by atoms with Gasteiger partial charge in [-0.05, 0) is 30.3 Å². The van der Waals surface area contributed by atoms with E-state index in [4.69, 9.17) is 22.7 Å². The lowest BCUT2D eigenvalue weighted by atomic mass is 10.1. The Morgan fingerprint density at radius 1 is 1.38 bits per heavy atom. The molecule has 0 saturated heterocycles. The monoisotopic (exact) mass is 302 g/mol. The molecule has 0 aliphatic heterocycles. The van der Waals surface area contributed by atoms with E-state index in [1.54, 1.807) is 6.20 Å². The predicted octanol–water partition coefficient (Wildman–Crippen LogP) is 3.16. The number of nitrogen functional groups attached to an aromatic ring is 1. The number of hydrogen-bond donors (Lipinski definition) is 2. The normalized spacial score (nSPS) is 11.0. The summed E-state index contributed by atoms with van der Waals surface area (Å²) in [4.78, 5) is 4.23. The summed E-state index contributed by atoms with van der Waals surface area (Å²) in [5, 5.41) is 7.60. The van der Waals surface area contributed by atoms with Gasteiger partial charge in [0, 0.05) is 28.5 Å². The molecule has 0 spiro atoms. The van der Waals surface area contributed by atoms with Gasteiger partial charge < -0.3 is 10.3 Å². The number of rotatable bonds is 3. The van der Waals surface area contributed by atoms with Gasteiger partial charge in [0.05, 0.1) is 17.6 Å². The van der Waals surface area contributed by atoms with E-state index >= 15 is 0 Å². The molecular formula is C15H12ClFN4. The lowest BCUT2D eigenvalue weighted by Crippen LogP contribution is -2.12. The number of benzene rings is 1. The second-order valence-corrected chi connectivity index (χ2v) is 5.09. The van der Waals surface area contributed by atoms with Gasteiger partial charge in [0.2, 0.25) is 0 Å². The third-order valence-corrected chi connectivity index (χ3v) is 3.66. The molecule has 0 radical (unpaired) electrons. The fourth-order valence-corrected chi connectivity index (χ4v) is 2.51. The highest BCUT2D eigenvalue weighted by atomic mass is 35.5. The maximum atomic E-state index is 14.2. The number of hydrogen-bond acceptors (Lipinski definition) is 2. The van der Waals surface area contributed by atoms with Crippen molar-refractivity contribution in [2.45, 2.75) is 6.54 Å². The van der Waals surface area contributed by atoms with Crippen molar-refractivity contribution in [3.63, 3.8) is 0 Å². The van der Waals surface area contributed by atoms with Gasteiger partial charge in [-0.25, -0.2) is 4.39 Å². The molecule has 0 aliphatic rings. The summed E-state index contributed by atoms with van der Waals surface area (Å²) in [5.41, 5.74) is 7.75. The second kappa shape index (κ2) is 5.18. The Kier molecular flexibility index (Phi) is 3.35. The lowest BCUT2D eigenvalue weighted by molar-refractivity contribution is 0.602. The highest BCUT2D eigenvalue weighted by Gasteiger charge is 2.13. The van der Waals surface area contributed by atoms with E-state index in [1.807, 2.05) is 29.0 Å². The van der Waals surface area contributed by atoms with E-state index < -0.39 is 5.82 Å². The van der Waals surface area contributed by atoms with Gasteiger partial charge >= 0.3 is 0 Å². The van der Waals surface area contributed by atoms with Crippen molar-refractivity contribution in [3.8, 4) is 0 Å². The van der Waals surface area contributed by atoms with Crippen LogP contribution in [0.2, 0.25) is 5.02 Å². The van der Waals surface area contributed by atoms with Crippen LogP contribution in [0.25, 0.3) is 11.0 Å². The molecule has 0 aliphatic carbocycles. The van der Waals surface area contributed by atoms with E-state index in [9.17, 15) is 4.39 Å². The molecule has 3 rings (SSSR count). The maximum Gasteiger partial charge on any atom is 0.130 e. The summed E-state index contributed by atoms with van der Waals surface area (Å²) in [7, 11) is 0. The summed E-state index contributed by atoms with van der Waals surface area (Å²) in [6.07, 6.45) is 3.55. The zero-order valence-corrected chi connectivity index (χ0v) is 11.7. The Labute approximate surface area is 125 Å². The zero-order chi connectivity index (χ0) is 15.0. The predicted molar refractivity (Wildman–Crippen MR) is 81.3 cm³/mol.